The van der Waals surface area contributed by atoms with Crippen LogP contribution in [0.5, 0.6) is 0 Å². The van der Waals surface area contributed by atoms with Crippen molar-refractivity contribution in [3.8, 4) is 0 Å². The van der Waals surface area contributed by atoms with E-state index < -0.39 is 0 Å². The first kappa shape index (κ1) is 30.6. The van der Waals surface area contributed by atoms with E-state index in [0.29, 0.717) is 35.5 Å². The van der Waals surface area contributed by atoms with Crippen molar-refractivity contribution in [2.45, 2.75) is 113 Å². The Bertz CT molecular complexity index is 1290. The van der Waals surface area contributed by atoms with Crippen molar-refractivity contribution < 1.29 is 14.1 Å². The topological polar surface area (TPSA) is 43.4 Å². The predicted octanol–water partition coefficient (Wildman–Crippen LogP) is 9.95. The van der Waals surface area contributed by atoms with Gasteiger partial charge in [0, 0.05) is 5.56 Å². The van der Waals surface area contributed by atoms with Gasteiger partial charge in [-0.25, -0.2) is 0 Å². The molecule has 4 fully saturated rings. The molecule has 1 aromatic rings. The van der Waals surface area contributed by atoms with Crippen molar-refractivity contribution in [1.29, 1.82) is 0 Å². The molecule has 4 heteroatoms. The van der Waals surface area contributed by atoms with Crippen LogP contribution >= 0.6 is 9.47 Å². The average molecular weight is 591 g/mol. The number of rotatable bonds is 4. The van der Waals surface area contributed by atoms with Crippen LogP contribution in [0.3, 0.4) is 0 Å². The van der Waals surface area contributed by atoms with Gasteiger partial charge in [0.1, 0.15) is 0 Å². The maximum Gasteiger partial charge on any atom is 0.314 e. The maximum absolute atomic E-state index is 13.5. The summed E-state index contributed by atoms with van der Waals surface area (Å²) in [7, 11) is 2.29. The molecule has 0 aromatic heterocycles. The molecule has 1 aromatic carbocycles. The third kappa shape index (κ3) is 3.93. The number of ketones is 1. The van der Waals surface area contributed by atoms with Crippen LogP contribution in [0.2, 0.25) is 0 Å². The first-order chi connectivity index (χ1) is 19.7. The summed E-state index contributed by atoms with van der Waals surface area (Å²) in [6.07, 6.45) is 13.1. The van der Waals surface area contributed by atoms with E-state index in [2.05, 4.69) is 76.1 Å². The fraction of sp³-hybridized carbons (Fsp3) is 0.737. The summed E-state index contributed by atoms with van der Waals surface area (Å²) in [5.74, 6) is 3.73. The van der Waals surface area contributed by atoms with Gasteiger partial charge in [-0.3, -0.25) is 9.59 Å². The van der Waals surface area contributed by atoms with Crippen LogP contribution in [0, 0.1) is 62.6 Å². The van der Waals surface area contributed by atoms with E-state index in [1.54, 1.807) is 6.92 Å². The van der Waals surface area contributed by atoms with Gasteiger partial charge in [0.25, 0.3) is 0 Å². The van der Waals surface area contributed by atoms with Gasteiger partial charge in [0.05, 0.1) is 14.9 Å². The molecule has 4 saturated carbocycles. The minimum atomic E-state index is -0.284. The monoisotopic (exact) mass is 590 g/mol. The number of carbonyl (C=O) groups excluding carboxylic acids is 2. The Labute approximate surface area is 257 Å². The zero-order valence-electron chi connectivity index (χ0n) is 27.5. The third-order valence-corrected chi connectivity index (χ3v) is 15.2. The number of benzene rings is 1. The van der Waals surface area contributed by atoms with Gasteiger partial charge in [0.15, 0.2) is 5.78 Å². The molecule has 10 atom stereocenters. The van der Waals surface area contributed by atoms with Gasteiger partial charge < -0.3 is 4.52 Å². The van der Waals surface area contributed by atoms with Crippen LogP contribution in [-0.4, -0.2) is 11.8 Å². The van der Waals surface area contributed by atoms with Gasteiger partial charge >= 0.3 is 5.97 Å². The third-order valence-electron chi connectivity index (χ3n) is 15.0. The van der Waals surface area contributed by atoms with Gasteiger partial charge in [-0.05, 0) is 133 Å². The lowest BCUT2D eigenvalue weighted by molar-refractivity contribution is -0.229. The lowest BCUT2D eigenvalue weighted by Crippen LogP contribution is -2.66. The van der Waals surface area contributed by atoms with E-state index in [1.807, 2.05) is 12.1 Å². The Morgan fingerprint density at radius 2 is 1.55 bits per heavy atom. The van der Waals surface area contributed by atoms with Crippen molar-refractivity contribution >= 4 is 26.8 Å². The van der Waals surface area contributed by atoms with Crippen LogP contribution in [0.15, 0.2) is 30.3 Å². The minimum absolute atomic E-state index is 0.0497. The van der Waals surface area contributed by atoms with Crippen molar-refractivity contribution in [3.05, 3.63) is 41.5 Å². The average Bonchev–Trinajstić information content (AvgIpc) is 3.34. The summed E-state index contributed by atoms with van der Waals surface area (Å²) in [5, 5.41) is 0. The molecule has 5 aliphatic carbocycles. The Morgan fingerprint density at radius 3 is 2.17 bits per heavy atom. The van der Waals surface area contributed by atoms with E-state index >= 15 is 0 Å². The quantitative estimate of drug-likeness (QED) is 0.259. The molecule has 0 spiro atoms. The zero-order chi connectivity index (χ0) is 30.5. The Hall–Kier alpha value is -1.47. The lowest BCUT2D eigenvalue weighted by atomic mass is 9.32. The van der Waals surface area contributed by atoms with E-state index in [-0.39, 0.29) is 38.8 Å². The second-order valence-corrected chi connectivity index (χ2v) is 17.1. The van der Waals surface area contributed by atoms with Crippen LogP contribution in [0.25, 0.3) is 5.57 Å². The Balaban J connectivity index is 1.37. The van der Waals surface area contributed by atoms with Crippen LogP contribution in [0.1, 0.15) is 129 Å². The smallest absolute Gasteiger partial charge is 0.314 e. The van der Waals surface area contributed by atoms with Crippen molar-refractivity contribution in [2.24, 2.45) is 62.6 Å². The number of hydrogen-bond acceptors (Lipinski definition) is 3. The molecular formula is C38H55O3P. The molecule has 0 amide bonds. The highest BCUT2D eigenvalue weighted by Gasteiger charge is 2.71. The molecule has 230 valence electrons. The standard InChI is InChI=1S/C38H55O3P/c1-23(2)27-15-20-38(33(40)41-42)22-21-36(7)29(32(27)38)13-14-31-35(6)18-16-28(26-11-9-25(10-12-26)24(3)39)34(4,5)30(35)17-19-37(31,36)8/h9-12,16,23,27,29-32H,13-15,17-22,42H2,1-8H3/t27-,29+,30-,31+,32+,35-,36+,37+,38-/m0/s1. The van der Waals surface area contributed by atoms with E-state index in [9.17, 15) is 9.59 Å². The van der Waals surface area contributed by atoms with E-state index in [0.717, 1.165) is 31.2 Å². The van der Waals surface area contributed by atoms with Crippen LogP contribution in [-0.2, 0) is 9.32 Å². The van der Waals surface area contributed by atoms with Gasteiger partial charge in [-0.2, -0.15) is 0 Å². The van der Waals surface area contributed by atoms with Crippen LogP contribution in [0.4, 0.5) is 0 Å². The predicted molar refractivity (Wildman–Crippen MR) is 175 cm³/mol. The normalized spacial score (nSPS) is 43.9. The molecule has 0 heterocycles. The second-order valence-electron chi connectivity index (χ2n) is 16.9. The number of allylic oxidation sites excluding steroid dienone is 2. The van der Waals surface area contributed by atoms with E-state index in [1.165, 1.54) is 43.2 Å². The molecule has 0 saturated heterocycles. The molecule has 1 unspecified atom stereocenters. The molecule has 6 rings (SSSR count). The minimum Gasteiger partial charge on any atom is -0.451 e. The highest BCUT2D eigenvalue weighted by Crippen LogP contribution is 2.77. The molecule has 0 bridgehead atoms. The number of Topliss-reactive ketones (excluding diaryl/α,β-unsaturated/α-hetero) is 1. The first-order valence-corrected chi connectivity index (χ1v) is 17.4. The van der Waals surface area contributed by atoms with Gasteiger partial charge in [0.2, 0.25) is 0 Å². The summed E-state index contributed by atoms with van der Waals surface area (Å²) in [5.41, 5.74) is 4.10. The Kier molecular flexibility index (Phi) is 7.29. The summed E-state index contributed by atoms with van der Waals surface area (Å²) < 4.78 is 5.50. The van der Waals surface area contributed by atoms with Gasteiger partial charge in [-0.1, -0.05) is 78.8 Å². The second kappa shape index (κ2) is 10.0. The molecule has 3 nitrogen and oxygen atoms in total. The molecule has 0 aliphatic heterocycles. The molecule has 0 N–H and O–H groups in total. The van der Waals surface area contributed by atoms with Crippen LogP contribution < -0.4 is 0 Å². The highest BCUT2D eigenvalue weighted by atomic mass is 31.0. The zero-order valence-corrected chi connectivity index (χ0v) is 28.7. The number of carbonyl (C=O) groups is 2. The first-order valence-electron chi connectivity index (χ1n) is 16.9. The van der Waals surface area contributed by atoms with Crippen molar-refractivity contribution in [2.75, 3.05) is 0 Å². The molecular weight excluding hydrogens is 535 g/mol. The fourth-order valence-electron chi connectivity index (χ4n) is 12.8. The number of hydrogen-bond donors (Lipinski definition) is 0. The molecule has 0 radical (unpaired) electrons. The Morgan fingerprint density at radius 1 is 0.857 bits per heavy atom. The molecule has 5 aliphatic rings. The lowest BCUT2D eigenvalue weighted by Gasteiger charge is -2.72. The maximum atomic E-state index is 13.5. The summed E-state index contributed by atoms with van der Waals surface area (Å²) in [4.78, 5) is 25.4. The summed E-state index contributed by atoms with van der Waals surface area (Å²) in [6.45, 7) is 19.4. The molecule has 42 heavy (non-hydrogen) atoms. The number of fused-ring (bicyclic) bond motifs is 7. The van der Waals surface area contributed by atoms with Crippen molar-refractivity contribution in [3.63, 3.8) is 0 Å². The van der Waals surface area contributed by atoms with E-state index in [4.69, 9.17) is 4.52 Å². The van der Waals surface area contributed by atoms with Crippen molar-refractivity contribution in [1.82, 2.24) is 0 Å². The highest BCUT2D eigenvalue weighted by molar-refractivity contribution is 7.10. The fourth-order valence-corrected chi connectivity index (χ4v) is 13.1. The summed E-state index contributed by atoms with van der Waals surface area (Å²) >= 11 is 0. The summed E-state index contributed by atoms with van der Waals surface area (Å²) in [6, 6.07) is 8.36. The largest absolute Gasteiger partial charge is 0.451 e. The SMILES string of the molecule is CC(=O)c1ccc(C2=CC[C@]3(C)[C@H]4CC[C@@H]5[C@H]6[C@H](C(C)C)CC[C@]6(C(=O)OP)CC[C@@]5(C)[C@]4(C)CC[C@H]3C2(C)C)cc1. The van der Waals surface area contributed by atoms with Gasteiger partial charge in [-0.15, -0.1) is 0 Å².